The molecule has 0 atom stereocenters. The molecule has 0 bridgehead atoms. The molecule has 1 aromatic rings. The minimum absolute atomic E-state index is 0.0499. The SMILES string of the molecule is C=C(C)CN=C(N)NCCNS(=O)(=O)c1cccc([N+](=O)[O-])c1. The Hall–Kier alpha value is -2.46. The zero-order valence-corrected chi connectivity index (χ0v) is 13.5. The summed E-state index contributed by atoms with van der Waals surface area (Å²) in [7, 11) is -3.83. The van der Waals surface area contributed by atoms with Crippen LogP contribution < -0.4 is 15.8 Å². The van der Waals surface area contributed by atoms with Gasteiger partial charge in [0.15, 0.2) is 5.96 Å². The molecule has 0 spiro atoms. The van der Waals surface area contributed by atoms with Gasteiger partial charge in [-0.2, -0.15) is 0 Å². The maximum atomic E-state index is 12.0. The largest absolute Gasteiger partial charge is 0.370 e. The maximum Gasteiger partial charge on any atom is 0.270 e. The molecule has 0 saturated carbocycles. The van der Waals surface area contributed by atoms with Gasteiger partial charge in [0.05, 0.1) is 16.4 Å². The van der Waals surface area contributed by atoms with Crippen molar-refractivity contribution in [1.82, 2.24) is 10.0 Å². The fraction of sp³-hybridized carbons (Fsp3) is 0.308. The summed E-state index contributed by atoms with van der Waals surface area (Å²) in [5, 5.41) is 13.4. The third kappa shape index (κ3) is 6.45. The lowest BCUT2D eigenvalue weighted by Gasteiger charge is -2.08. The Morgan fingerprint density at radius 1 is 1.43 bits per heavy atom. The predicted octanol–water partition coefficient (Wildman–Crippen LogP) is 0.354. The monoisotopic (exact) mass is 341 g/mol. The molecule has 0 aromatic heterocycles. The Bertz CT molecular complexity index is 715. The molecule has 0 aliphatic rings. The highest BCUT2D eigenvalue weighted by Gasteiger charge is 2.16. The highest BCUT2D eigenvalue weighted by Crippen LogP contribution is 2.16. The molecule has 4 N–H and O–H groups in total. The molecule has 0 heterocycles. The van der Waals surface area contributed by atoms with Crippen molar-refractivity contribution in [2.45, 2.75) is 11.8 Å². The number of benzene rings is 1. The number of hydrogen-bond acceptors (Lipinski definition) is 5. The number of nitro benzene ring substituents is 1. The highest BCUT2D eigenvalue weighted by atomic mass is 32.2. The third-order valence-corrected chi connectivity index (χ3v) is 4.04. The first-order chi connectivity index (χ1) is 10.7. The van der Waals surface area contributed by atoms with Crippen LogP contribution in [0.3, 0.4) is 0 Å². The van der Waals surface area contributed by atoms with Crippen LogP contribution in [0.15, 0.2) is 46.3 Å². The van der Waals surface area contributed by atoms with E-state index in [2.05, 4.69) is 21.6 Å². The number of non-ortho nitro benzene ring substituents is 1. The van der Waals surface area contributed by atoms with Crippen LogP contribution in [-0.2, 0) is 10.0 Å². The molecule has 0 amide bonds. The van der Waals surface area contributed by atoms with Crippen LogP contribution in [0.5, 0.6) is 0 Å². The first-order valence-electron chi connectivity index (χ1n) is 6.64. The van der Waals surface area contributed by atoms with E-state index in [0.717, 1.165) is 11.6 Å². The molecule has 10 heteroatoms. The molecular weight excluding hydrogens is 322 g/mol. The van der Waals surface area contributed by atoms with E-state index in [1.54, 1.807) is 0 Å². The number of nitrogens with one attached hydrogen (secondary N) is 2. The molecule has 1 aromatic carbocycles. The van der Waals surface area contributed by atoms with E-state index in [9.17, 15) is 18.5 Å². The number of hydrogen-bond donors (Lipinski definition) is 3. The zero-order chi connectivity index (χ0) is 17.5. The molecule has 23 heavy (non-hydrogen) atoms. The van der Waals surface area contributed by atoms with Gasteiger partial charge in [-0.25, -0.2) is 18.1 Å². The quantitative estimate of drug-likeness (QED) is 0.156. The third-order valence-electron chi connectivity index (χ3n) is 2.58. The van der Waals surface area contributed by atoms with Crippen molar-refractivity contribution < 1.29 is 13.3 Å². The van der Waals surface area contributed by atoms with Crippen LogP contribution in [0, 0.1) is 10.1 Å². The van der Waals surface area contributed by atoms with Crippen LogP contribution >= 0.6 is 0 Å². The first kappa shape index (κ1) is 18.6. The smallest absolute Gasteiger partial charge is 0.270 e. The summed E-state index contributed by atoms with van der Waals surface area (Å²) in [4.78, 5) is 13.8. The molecule has 0 unspecified atom stereocenters. The van der Waals surface area contributed by atoms with E-state index >= 15 is 0 Å². The second-order valence-corrected chi connectivity index (χ2v) is 6.50. The molecular formula is C13H19N5O4S. The molecule has 9 nitrogen and oxygen atoms in total. The van der Waals surface area contributed by atoms with E-state index in [1.807, 2.05) is 6.92 Å². The molecule has 0 saturated heterocycles. The van der Waals surface area contributed by atoms with Crippen molar-refractivity contribution in [3.63, 3.8) is 0 Å². The number of aliphatic imine (C=N–C) groups is 1. The number of nitro groups is 1. The summed E-state index contributed by atoms with van der Waals surface area (Å²) >= 11 is 0. The van der Waals surface area contributed by atoms with Crippen molar-refractivity contribution in [1.29, 1.82) is 0 Å². The van der Waals surface area contributed by atoms with Gasteiger partial charge in [0.2, 0.25) is 10.0 Å². The normalized spacial score (nSPS) is 12.0. The lowest BCUT2D eigenvalue weighted by atomic mass is 10.3. The van der Waals surface area contributed by atoms with E-state index in [4.69, 9.17) is 5.73 Å². The molecule has 0 aliphatic carbocycles. The summed E-state index contributed by atoms with van der Waals surface area (Å²) in [6.07, 6.45) is 0. The summed E-state index contributed by atoms with van der Waals surface area (Å²) in [6, 6.07) is 4.82. The zero-order valence-electron chi connectivity index (χ0n) is 12.7. The van der Waals surface area contributed by atoms with Gasteiger partial charge >= 0.3 is 0 Å². The van der Waals surface area contributed by atoms with E-state index in [-0.39, 0.29) is 29.6 Å². The fourth-order valence-electron chi connectivity index (χ4n) is 1.50. The average Bonchev–Trinajstić information content (AvgIpc) is 2.49. The Kier molecular flexibility index (Phi) is 6.66. The van der Waals surface area contributed by atoms with E-state index in [0.29, 0.717) is 6.54 Å². The van der Waals surface area contributed by atoms with Crippen molar-refractivity contribution >= 4 is 21.7 Å². The second kappa shape index (κ2) is 8.25. The predicted molar refractivity (Wildman–Crippen MR) is 87.6 cm³/mol. The van der Waals surface area contributed by atoms with E-state index in [1.165, 1.54) is 18.2 Å². The van der Waals surface area contributed by atoms with Gasteiger partial charge in [-0.15, -0.1) is 0 Å². The molecule has 0 fully saturated rings. The average molecular weight is 341 g/mol. The van der Waals surface area contributed by atoms with Crippen molar-refractivity contribution in [2.75, 3.05) is 19.6 Å². The lowest BCUT2D eigenvalue weighted by molar-refractivity contribution is -0.385. The summed E-state index contributed by atoms with van der Waals surface area (Å²) in [5.74, 6) is 0.183. The van der Waals surface area contributed by atoms with Crippen molar-refractivity contribution in [2.24, 2.45) is 10.7 Å². The van der Waals surface area contributed by atoms with Gasteiger partial charge in [-0.05, 0) is 13.0 Å². The number of nitrogens with two attached hydrogens (primary N) is 1. The van der Waals surface area contributed by atoms with Gasteiger partial charge < -0.3 is 11.1 Å². The highest BCUT2D eigenvalue weighted by molar-refractivity contribution is 7.89. The van der Waals surface area contributed by atoms with E-state index < -0.39 is 14.9 Å². The number of guanidine groups is 1. The Labute approximate surface area is 134 Å². The lowest BCUT2D eigenvalue weighted by Crippen LogP contribution is -2.38. The molecule has 126 valence electrons. The number of nitrogens with zero attached hydrogens (tertiary/aromatic N) is 2. The standard InChI is InChI=1S/C13H19N5O4S/c1-10(2)9-16-13(14)15-6-7-17-23(21,22)12-5-3-4-11(8-12)18(19)20/h3-5,8,17H,1,6-7,9H2,2H3,(H3,14,15,16). The topological polar surface area (TPSA) is 140 Å². The number of rotatable bonds is 8. The van der Waals surface area contributed by atoms with Crippen LogP contribution in [0.2, 0.25) is 0 Å². The van der Waals surface area contributed by atoms with Gasteiger partial charge in [0.25, 0.3) is 5.69 Å². The van der Waals surface area contributed by atoms with Gasteiger partial charge in [0, 0.05) is 25.2 Å². The van der Waals surface area contributed by atoms with Gasteiger partial charge in [-0.1, -0.05) is 18.2 Å². The minimum atomic E-state index is -3.83. The van der Waals surface area contributed by atoms with Crippen LogP contribution in [0.25, 0.3) is 0 Å². The Balaban J connectivity index is 2.57. The fourth-order valence-corrected chi connectivity index (χ4v) is 2.57. The van der Waals surface area contributed by atoms with Gasteiger partial charge in [-0.3, -0.25) is 10.1 Å². The van der Waals surface area contributed by atoms with Gasteiger partial charge in [0.1, 0.15) is 0 Å². The molecule has 0 radical (unpaired) electrons. The summed E-state index contributed by atoms with van der Waals surface area (Å²) in [6.45, 7) is 6.15. The molecule has 1 rings (SSSR count). The summed E-state index contributed by atoms with van der Waals surface area (Å²) in [5.41, 5.74) is 6.14. The van der Waals surface area contributed by atoms with Crippen molar-refractivity contribution in [3.05, 3.63) is 46.5 Å². The maximum absolute atomic E-state index is 12.0. The Morgan fingerprint density at radius 2 is 2.13 bits per heavy atom. The summed E-state index contributed by atoms with van der Waals surface area (Å²) < 4.78 is 26.4. The minimum Gasteiger partial charge on any atom is -0.370 e. The second-order valence-electron chi connectivity index (χ2n) is 4.74. The molecule has 0 aliphatic heterocycles. The van der Waals surface area contributed by atoms with Crippen LogP contribution in [0.1, 0.15) is 6.92 Å². The Morgan fingerprint density at radius 3 is 2.74 bits per heavy atom. The van der Waals surface area contributed by atoms with Crippen LogP contribution in [0.4, 0.5) is 5.69 Å². The number of sulfonamides is 1. The van der Waals surface area contributed by atoms with Crippen molar-refractivity contribution in [3.8, 4) is 0 Å². The first-order valence-corrected chi connectivity index (χ1v) is 8.13. The van der Waals surface area contributed by atoms with Crippen LogP contribution in [-0.4, -0.2) is 38.9 Å².